The maximum atomic E-state index is 12.6. The number of nitrogens with two attached hydrogens (primary N) is 1. The van der Waals surface area contributed by atoms with Gasteiger partial charge in [0.1, 0.15) is 28.2 Å². The highest BCUT2D eigenvalue weighted by atomic mass is 32.1. The first-order valence-corrected chi connectivity index (χ1v) is 10.9. The van der Waals surface area contributed by atoms with Gasteiger partial charge in [-0.05, 0) is 24.6 Å². The molecule has 2 aromatic carbocycles. The Morgan fingerprint density at radius 2 is 1.91 bits per heavy atom. The first-order valence-electron chi connectivity index (χ1n) is 10.1. The van der Waals surface area contributed by atoms with Crippen molar-refractivity contribution in [1.82, 2.24) is 0 Å². The lowest BCUT2D eigenvalue weighted by atomic mass is 10.1. The van der Waals surface area contributed by atoms with E-state index in [1.54, 1.807) is 6.92 Å². The zero-order chi connectivity index (χ0) is 24.7. The lowest BCUT2D eigenvalue weighted by molar-refractivity contribution is -0.384. The van der Waals surface area contributed by atoms with Gasteiger partial charge < -0.3 is 20.5 Å². The van der Waals surface area contributed by atoms with E-state index in [4.69, 9.17) is 15.2 Å². The second-order valence-electron chi connectivity index (χ2n) is 6.89. The molecule has 0 aliphatic heterocycles. The number of esters is 2. The van der Waals surface area contributed by atoms with Gasteiger partial charge in [-0.2, -0.15) is 5.26 Å². The number of nitriles is 1. The standard InChI is InChI=1S/C23H20N4O6S/c1-2-32-23(29)20-17(16(11-24)21(25)34-20)13-33-22(28)15-8-9-18(19(10-15)27(30)31)26-12-14-6-4-3-5-7-14/h3-10,26H,2,12-13,25H2,1H3. The zero-order valence-corrected chi connectivity index (χ0v) is 18.9. The molecule has 0 unspecified atom stereocenters. The van der Waals surface area contributed by atoms with E-state index in [9.17, 15) is 25.0 Å². The van der Waals surface area contributed by atoms with Crippen molar-refractivity contribution < 1.29 is 24.0 Å². The molecule has 34 heavy (non-hydrogen) atoms. The number of hydrogen-bond acceptors (Lipinski definition) is 10. The van der Waals surface area contributed by atoms with Gasteiger partial charge in [0, 0.05) is 18.2 Å². The smallest absolute Gasteiger partial charge is 0.348 e. The lowest BCUT2D eigenvalue weighted by Crippen LogP contribution is -2.11. The Kier molecular flexibility index (Phi) is 7.79. The third-order valence-electron chi connectivity index (χ3n) is 4.71. The molecule has 0 aliphatic rings. The fourth-order valence-electron chi connectivity index (χ4n) is 3.08. The minimum absolute atomic E-state index is 0.0206. The Bertz CT molecular complexity index is 1270. The minimum atomic E-state index is -0.860. The van der Waals surface area contributed by atoms with E-state index in [2.05, 4.69) is 5.32 Å². The number of nitro benzene ring substituents is 1. The normalized spacial score (nSPS) is 10.2. The molecule has 0 amide bonds. The van der Waals surface area contributed by atoms with Crippen LogP contribution in [0, 0.1) is 21.4 Å². The number of anilines is 2. The van der Waals surface area contributed by atoms with Crippen LogP contribution < -0.4 is 11.1 Å². The second-order valence-corrected chi connectivity index (χ2v) is 7.94. The zero-order valence-electron chi connectivity index (χ0n) is 18.1. The topological polar surface area (TPSA) is 158 Å². The molecule has 0 atom stereocenters. The fraction of sp³-hybridized carbons (Fsp3) is 0.174. The van der Waals surface area contributed by atoms with Crippen LogP contribution in [-0.4, -0.2) is 23.5 Å². The predicted octanol–water partition coefficient (Wildman–Crippen LogP) is 4.26. The fourth-order valence-corrected chi connectivity index (χ4v) is 4.00. The van der Waals surface area contributed by atoms with Gasteiger partial charge in [-0.1, -0.05) is 30.3 Å². The van der Waals surface area contributed by atoms with E-state index in [1.165, 1.54) is 12.1 Å². The van der Waals surface area contributed by atoms with Crippen LogP contribution in [0.3, 0.4) is 0 Å². The summed E-state index contributed by atoms with van der Waals surface area (Å²) in [5.41, 5.74) is 6.78. The molecule has 0 fully saturated rings. The molecule has 0 aliphatic carbocycles. The van der Waals surface area contributed by atoms with E-state index in [0.29, 0.717) is 6.54 Å². The van der Waals surface area contributed by atoms with Crippen molar-refractivity contribution >= 4 is 39.7 Å². The first kappa shape index (κ1) is 24.2. The number of nitrogens with zero attached hydrogens (tertiary/aromatic N) is 2. The van der Waals surface area contributed by atoms with Gasteiger partial charge >= 0.3 is 11.9 Å². The van der Waals surface area contributed by atoms with Crippen molar-refractivity contribution in [3.8, 4) is 6.07 Å². The van der Waals surface area contributed by atoms with Crippen LogP contribution in [-0.2, 0) is 22.6 Å². The highest BCUT2D eigenvalue weighted by Gasteiger charge is 2.25. The molecule has 1 aromatic heterocycles. The van der Waals surface area contributed by atoms with E-state index < -0.39 is 23.5 Å². The largest absolute Gasteiger partial charge is 0.462 e. The number of hydrogen-bond donors (Lipinski definition) is 2. The van der Waals surface area contributed by atoms with Crippen molar-refractivity contribution in [2.24, 2.45) is 0 Å². The van der Waals surface area contributed by atoms with Crippen LogP contribution in [0.4, 0.5) is 16.4 Å². The molecule has 3 aromatic rings. The maximum absolute atomic E-state index is 12.6. The molecule has 3 N–H and O–H groups in total. The summed E-state index contributed by atoms with van der Waals surface area (Å²) < 4.78 is 10.2. The van der Waals surface area contributed by atoms with E-state index >= 15 is 0 Å². The predicted molar refractivity (Wildman–Crippen MR) is 125 cm³/mol. The Balaban J connectivity index is 1.78. The third-order valence-corrected chi connectivity index (χ3v) is 5.75. The summed E-state index contributed by atoms with van der Waals surface area (Å²) in [5, 5.41) is 24.0. The van der Waals surface area contributed by atoms with Crippen LogP contribution in [0.2, 0.25) is 0 Å². The Morgan fingerprint density at radius 3 is 2.56 bits per heavy atom. The van der Waals surface area contributed by atoms with Gasteiger partial charge in [0.05, 0.1) is 22.7 Å². The van der Waals surface area contributed by atoms with Crippen LogP contribution >= 0.6 is 11.3 Å². The lowest BCUT2D eigenvalue weighted by Gasteiger charge is -2.10. The number of rotatable bonds is 9. The summed E-state index contributed by atoms with van der Waals surface area (Å²) in [5.74, 6) is -1.54. The molecular formula is C23H20N4O6S. The van der Waals surface area contributed by atoms with Crippen molar-refractivity contribution in [1.29, 1.82) is 5.26 Å². The molecule has 0 saturated heterocycles. The molecule has 0 saturated carbocycles. The Hall–Kier alpha value is -4.43. The van der Waals surface area contributed by atoms with Crippen molar-refractivity contribution in [2.45, 2.75) is 20.1 Å². The monoisotopic (exact) mass is 480 g/mol. The van der Waals surface area contributed by atoms with E-state index in [0.717, 1.165) is 23.0 Å². The average molecular weight is 481 g/mol. The van der Waals surface area contributed by atoms with Crippen molar-refractivity contribution in [2.75, 3.05) is 17.7 Å². The number of thiophene rings is 1. The van der Waals surface area contributed by atoms with Crippen molar-refractivity contribution in [3.05, 3.63) is 85.8 Å². The molecule has 0 spiro atoms. The number of nitro groups is 1. The number of benzene rings is 2. The Labute approximate surface area is 198 Å². The van der Waals surface area contributed by atoms with Gasteiger partial charge in [0.15, 0.2) is 0 Å². The van der Waals surface area contributed by atoms with Gasteiger partial charge in [-0.15, -0.1) is 11.3 Å². The number of nitrogen functional groups attached to an aromatic ring is 1. The van der Waals surface area contributed by atoms with E-state index in [1.807, 2.05) is 36.4 Å². The molecule has 0 radical (unpaired) electrons. The van der Waals surface area contributed by atoms with Gasteiger partial charge in [0.2, 0.25) is 0 Å². The number of carbonyl (C=O) groups is 2. The molecule has 3 rings (SSSR count). The van der Waals surface area contributed by atoms with Gasteiger partial charge in [-0.3, -0.25) is 10.1 Å². The molecule has 10 nitrogen and oxygen atoms in total. The number of carbonyl (C=O) groups excluding carboxylic acids is 2. The summed E-state index contributed by atoms with van der Waals surface area (Å²) >= 11 is 0.865. The average Bonchev–Trinajstić information content (AvgIpc) is 3.17. The first-order chi connectivity index (χ1) is 16.3. The minimum Gasteiger partial charge on any atom is -0.462 e. The van der Waals surface area contributed by atoms with Crippen LogP contribution in [0.25, 0.3) is 0 Å². The summed E-state index contributed by atoms with van der Waals surface area (Å²) in [6, 6.07) is 15.1. The van der Waals surface area contributed by atoms with Crippen LogP contribution in [0.1, 0.15) is 43.6 Å². The Morgan fingerprint density at radius 1 is 1.18 bits per heavy atom. The van der Waals surface area contributed by atoms with Crippen molar-refractivity contribution in [3.63, 3.8) is 0 Å². The van der Waals surface area contributed by atoms with Crippen LogP contribution in [0.15, 0.2) is 48.5 Å². The summed E-state index contributed by atoms with van der Waals surface area (Å²) in [6.45, 7) is 1.68. The molecule has 174 valence electrons. The summed E-state index contributed by atoms with van der Waals surface area (Å²) in [6.07, 6.45) is 0. The van der Waals surface area contributed by atoms with Gasteiger partial charge in [-0.25, -0.2) is 9.59 Å². The molecule has 11 heteroatoms. The van der Waals surface area contributed by atoms with E-state index in [-0.39, 0.29) is 44.6 Å². The highest BCUT2D eigenvalue weighted by Crippen LogP contribution is 2.32. The SMILES string of the molecule is CCOC(=O)c1sc(N)c(C#N)c1COC(=O)c1ccc(NCc2ccccc2)c([N+](=O)[O-])c1. The molecule has 1 heterocycles. The number of nitrogens with one attached hydrogen (secondary N) is 1. The maximum Gasteiger partial charge on any atom is 0.348 e. The summed E-state index contributed by atoms with van der Waals surface area (Å²) in [7, 11) is 0. The summed E-state index contributed by atoms with van der Waals surface area (Å²) in [4.78, 5) is 35.8. The number of ether oxygens (including phenoxy) is 2. The third kappa shape index (κ3) is 5.48. The van der Waals surface area contributed by atoms with Crippen LogP contribution in [0.5, 0.6) is 0 Å². The van der Waals surface area contributed by atoms with Gasteiger partial charge in [0.25, 0.3) is 5.69 Å². The second kappa shape index (κ2) is 10.9. The molecular weight excluding hydrogens is 460 g/mol. The molecule has 0 bridgehead atoms. The highest BCUT2D eigenvalue weighted by molar-refractivity contribution is 7.18. The quantitative estimate of drug-likeness (QED) is 0.259.